The number of piperidine rings is 1. The molecule has 0 spiro atoms. The summed E-state index contributed by atoms with van der Waals surface area (Å²) in [5.41, 5.74) is -2.95. The van der Waals surface area contributed by atoms with E-state index in [9.17, 15) is 18.3 Å². The molecule has 0 saturated carbocycles. The summed E-state index contributed by atoms with van der Waals surface area (Å²) in [5, 5.41) is 18.3. The van der Waals surface area contributed by atoms with Gasteiger partial charge in [-0.05, 0) is 0 Å². The van der Waals surface area contributed by atoms with E-state index in [0.717, 1.165) is 0 Å². The van der Waals surface area contributed by atoms with Crippen molar-refractivity contribution in [1.82, 2.24) is 0 Å². The first kappa shape index (κ1) is 10.7. The van der Waals surface area contributed by atoms with Gasteiger partial charge in [-0.15, -0.1) is 0 Å². The van der Waals surface area contributed by atoms with E-state index in [4.69, 9.17) is 5.11 Å². The van der Waals surface area contributed by atoms with E-state index in [0.29, 0.717) is 4.90 Å². The SMILES string of the molecule is [CH2-][NH+]1CC[C@@](O)(C(F)(F)F)[C@H](O)C1. The molecule has 0 aliphatic carbocycles. The minimum atomic E-state index is -4.77. The summed E-state index contributed by atoms with van der Waals surface area (Å²) in [6.07, 6.45) is -7.06. The highest BCUT2D eigenvalue weighted by atomic mass is 19.4. The van der Waals surface area contributed by atoms with E-state index in [2.05, 4.69) is 7.05 Å². The molecule has 1 aliphatic rings. The van der Waals surface area contributed by atoms with Gasteiger partial charge in [0.1, 0.15) is 6.10 Å². The molecule has 1 rings (SSSR count). The molecule has 78 valence electrons. The summed E-state index contributed by atoms with van der Waals surface area (Å²) < 4.78 is 36.8. The number of hydrogen-bond acceptors (Lipinski definition) is 2. The van der Waals surface area contributed by atoms with E-state index in [-0.39, 0.29) is 13.1 Å². The van der Waals surface area contributed by atoms with Gasteiger partial charge >= 0.3 is 6.18 Å². The lowest BCUT2D eigenvalue weighted by atomic mass is 9.88. The van der Waals surface area contributed by atoms with Gasteiger partial charge in [-0.25, -0.2) is 0 Å². The molecule has 6 heteroatoms. The number of aliphatic hydroxyl groups is 2. The molecule has 0 aromatic carbocycles. The lowest BCUT2D eigenvalue weighted by Gasteiger charge is -2.41. The van der Waals surface area contributed by atoms with Gasteiger partial charge in [0.15, 0.2) is 5.60 Å². The predicted molar refractivity (Wildman–Crippen MR) is 37.7 cm³/mol. The van der Waals surface area contributed by atoms with E-state index in [1.54, 1.807) is 0 Å². The van der Waals surface area contributed by atoms with Crippen LogP contribution in [-0.4, -0.2) is 41.2 Å². The maximum atomic E-state index is 12.3. The fourth-order valence-electron chi connectivity index (χ4n) is 1.41. The number of halogens is 3. The summed E-state index contributed by atoms with van der Waals surface area (Å²) in [5.74, 6) is 0. The van der Waals surface area contributed by atoms with Crippen molar-refractivity contribution in [1.29, 1.82) is 0 Å². The van der Waals surface area contributed by atoms with Crippen LogP contribution in [0.5, 0.6) is 0 Å². The molecule has 0 aromatic heterocycles. The summed E-state index contributed by atoms with van der Waals surface area (Å²) in [6.45, 7) is -0.0803. The molecule has 0 aromatic rings. The van der Waals surface area contributed by atoms with Crippen molar-refractivity contribution in [2.24, 2.45) is 0 Å². The minimum absolute atomic E-state index is 0.104. The van der Waals surface area contributed by atoms with Gasteiger partial charge in [0, 0.05) is 6.42 Å². The zero-order valence-corrected chi connectivity index (χ0v) is 6.93. The second-order valence-electron chi connectivity index (χ2n) is 3.39. The molecule has 1 unspecified atom stereocenters. The second-order valence-corrected chi connectivity index (χ2v) is 3.39. The van der Waals surface area contributed by atoms with Crippen molar-refractivity contribution in [3.8, 4) is 0 Å². The van der Waals surface area contributed by atoms with Gasteiger partial charge in [0.05, 0.1) is 13.1 Å². The van der Waals surface area contributed by atoms with Gasteiger partial charge in [0.25, 0.3) is 0 Å². The lowest BCUT2D eigenvalue weighted by molar-refractivity contribution is -0.867. The van der Waals surface area contributed by atoms with Crippen molar-refractivity contribution < 1.29 is 28.3 Å². The normalized spacial score (nSPS) is 42.0. The molecule has 0 radical (unpaired) electrons. The van der Waals surface area contributed by atoms with Crippen LogP contribution in [0, 0.1) is 7.05 Å². The van der Waals surface area contributed by atoms with Gasteiger partial charge in [-0.1, -0.05) is 0 Å². The van der Waals surface area contributed by atoms with Crippen molar-refractivity contribution >= 4 is 0 Å². The molecule has 1 saturated heterocycles. The Hall–Kier alpha value is -0.330. The Balaban J connectivity index is 2.79. The van der Waals surface area contributed by atoms with Crippen LogP contribution in [0.1, 0.15) is 6.42 Å². The monoisotopic (exact) mass is 199 g/mol. The number of nitrogens with one attached hydrogen (secondary N) is 1. The number of quaternary nitrogens is 1. The smallest absolute Gasteiger partial charge is 0.420 e. The first-order chi connectivity index (χ1) is 5.77. The number of likely N-dealkylation sites (tertiary alicyclic amines) is 1. The van der Waals surface area contributed by atoms with E-state index in [1.165, 1.54) is 0 Å². The average molecular weight is 199 g/mol. The van der Waals surface area contributed by atoms with Crippen LogP contribution >= 0.6 is 0 Å². The Bertz CT molecular complexity index is 197. The third-order valence-corrected chi connectivity index (χ3v) is 2.38. The largest absolute Gasteiger partial charge is 0.466 e. The zero-order valence-electron chi connectivity index (χ0n) is 6.93. The molecule has 3 atom stereocenters. The highest BCUT2D eigenvalue weighted by Gasteiger charge is 2.60. The van der Waals surface area contributed by atoms with Crippen LogP contribution in [0.2, 0.25) is 0 Å². The molecule has 3 N–H and O–H groups in total. The van der Waals surface area contributed by atoms with Crippen LogP contribution in [0.25, 0.3) is 0 Å². The number of hydrogen-bond donors (Lipinski definition) is 3. The molecular weight excluding hydrogens is 187 g/mol. The Morgan fingerprint density at radius 2 is 2.00 bits per heavy atom. The molecule has 1 fully saturated rings. The third kappa shape index (κ3) is 1.79. The van der Waals surface area contributed by atoms with Gasteiger partial charge in [0.2, 0.25) is 0 Å². The highest BCUT2D eigenvalue weighted by molar-refractivity contribution is 4.94. The summed E-state index contributed by atoms with van der Waals surface area (Å²) in [7, 11) is 3.47. The van der Waals surface area contributed by atoms with Crippen molar-refractivity contribution in [3.63, 3.8) is 0 Å². The minimum Gasteiger partial charge on any atom is -0.466 e. The van der Waals surface area contributed by atoms with Crippen LogP contribution in [0.15, 0.2) is 0 Å². The number of rotatable bonds is 0. The zero-order chi connectivity index (χ0) is 10.3. The van der Waals surface area contributed by atoms with Crippen LogP contribution < -0.4 is 4.90 Å². The Labute approximate surface area is 73.8 Å². The topological polar surface area (TPSA) is 44.9 Å². The van der Waals surface area contributed by atoms with E-state index < -0.39 is 24.3 Å². The fraction of sp³-hybridized carbons (Fsp3) is 0.857. The molecule has 0 amide bonds. The van der Waals surface area contributed by atoms with Gasteiger partial charge in [-0.3, -0.25) is 0 Å². The predicted octanol–water partition coefficient (Wildman–Crippen LogP) is -1.28. The number of alkyl halides is 3. The third-order valence-electron chi connectivity index (χ3n) is 2.38. The molecule has 0 bridgehead atoms. The molecule has 13 heavy (non-hydrogen) atoms. The number of aliphatic hydroxyl groups excluding tert-OH is 1. The Morgan fingerprint density at radius 1 is 1.46 bits per heavy atom. The van der Waals surface area contributed by atoms with Crippen LogP contribution in [0.3, 0.4) is 0 Å². The first-order valence-corrected chi connectivity index (χ1v) is 3.91. The van der Waals surface area contributed by atoms with Crippen LogP contribution in [0.4, 0.5) is 13.2 Å². The first-order valence-electron chi connectivity index (χ1n) is 3.91. The average Bonchev–Trinajstić information content (AvgIpc) is 1.95. The molecule has 3 nitrogen and oxygen atoms in total. The Kier molecular flexibility index (Phi) is 2.57. The van der Waals surface area contributed by atoms with Gasteiger partial charge in [-0.2, -0.15) is 20.2 Å². The molecule has 1 aliphatic heterocycles. The van der Waals surface area contributed by atoms with E-state index in [1.807, 2.05) is 0 Å². The summed E-state index contributed by atoms with van der Waals surface area (Å²) >= 11 is 0. The van der Waals surface area contributed by atoms with Crippen LogP contribution in [-0.2, 0) is 0 Å². The van der Waals surface area contributed by atoms with Crippen molar-refractivity contribution in [3.05, 3.63) is 7.05 Å². The van der Waals surface area contributed by atoms with Crippen molar-refractivity contribution in [2.75, 3.05) is 13.1 Å². The quantitative estimate of drug-likeness (QED) is 0.425. The van der Waals surface area contributed by atoms with E-state index >= 15 is 0 Å². The molecular formula is C7H12F3NO2. The Morgan fingerprint density at radius 3 is 2.38 bits per heavy atom. The fourth-order valence-corrected chi connectivity index (χ4v) is 1.41. The summed E-state index contributed by atoms with van der Waals surface area (Å²) in [4.78, 5) is 0.543. The van der Waals surface area contributed by atoms with Gasteiger partial charge < -0.3 is 15.1 Å². The maximum absolute atomic E-state index is 12.3. The highest BCUT2D eigenvalue weighted by Crippen LogP contribution is 2.36. The second kappa shape index (κ2) is 3.11. The maximum Gasteiger partial charge on any atom is 0.420 e. The summed E-state index contributed by atoms with van der Waals surface area (Å²) in [6, 6.07) is 0. The lowest BCUT2D eigenvalue weighted by Crippen LogP contribution is -3.11. The molecule has 1 heterocycles. The van der Waals surface area contributed by atoms with Crippen molar-refractivity contribution in [2.45, 2.75) is 24.3 Å². The standard InChI is InChI=1S/C7H12F3NO2/c1-11-3-2-6(13,5(12)4-11)7(8,9)10/h5,11-13H,1-4H2/t5-,6+/m1/s1.